The number of hydrogen-bond acceptors (Lipinski definition) is 2. The number of hydrogen-bond donors (Lipinski definition) is 2. The van der Waals surface area contributed by atoms with Crippen LogP contribution in [0.2, 0.25) is 0 Å². The molecule has 25 heavy (non-hydrogen) atoms. The summed E-state index contributed by atoms with van der Waals surface area (Å²) in [5.74, 6) is 0.236. The summed E-state index contributed by atoms with van der Waals surface area (Å²) >= 11 is 0. The van der Waals surface area contributed by atoms with Gasteiger partial charge in [-0.15, -0.1) is 0 Å². The van der Waals surface area contributed by atoms with Gasteiger partial charge in [0.25, 0.3) is 0 Å². The van der Waals surface area contributed by atoms with Crippen molar-refractivity contribution in [2.45, 2.75) is 18.4 Å². The third-order valence-corrected chi connectivity index (χ3v) is 6.80. The van der Waals surface area contributed by atoms with Crippen LogP contribution < -0.4 is 9.80 Å². The van der Waals surface area contributed by atoms with E-state index >= 15 is 0 Å². The van der Waals surface area contributed by atoms with Crippen LogP contribution in [0.4, 0.5) is 0 Å². The Balaban J connectivity index is 1.47. The van der Waals surface area contributed by atoms with Gasteiger partial charge >= 0.3 is 0 Å². The van der Waals surface area contributed by atoms with E-state index in [-0.39, 0.29) is 5.75 Å². The number of benzene rings is 2. The maximum atomic E-state index is 12.5. The average Bonchev–Trinajstić information content (AvgIpc) is 2.62. The molecule has 0 bridgehead atoms. The zero-order chi connectivity index (χ0) is 17.7. The van der Waals surface area contributed by atoms with E-state index in [1.54, 1.807) is 17.0 Å². The molecule has 1 heterocycles. The van der Waals surface area contributed by atoms with Crippen molar-refractivity contribution in [3.05, 3.63) is 65.7 Å². The van der Waals surface area contributed by atoms with E-state index < -0.39 is 9.84 Å². The second-order valence-electron chi connectivity index (χ2n) is 7.04. The first-order valence-corrected chi connectivity index (χ1v) is 10.7. The molecule has 5 heteroatoms. The summed E-state index contributed by atoms with van der Waals surface area (Å²) in [4.78, 5) is 3.45. The molecule has 0 amide bonds. The van der Waals surface area contributed by atoms with E-state index in [1.807, 2.05) is 19.1 Å². The van der Waals surface area contributed by atoms with E-state index in [1.165, 1.54) is 10.5 Å². The van der Waals surface area contributed by atoms with Crippen LogP contribution in [-0.2, 0) is 16.4 Å². The van der Waals surface area contributed by atoms with Gasteiger partial charge in [0.05, 0.1) is 11.4 Å². The van der Waals surface area contributed by atoms with Gasteiger partial charge in [-0.05, 0) is 19.1 Å². The molecule has 1 aliphatic heterocycles. The van der Waals surface area contributed by atoms with Crippen molar-refractivity contribution in [1.29, 1.82) is 0 Å². The number of nitrogens with one attached hydrogen (secondary N) is 2. The van der Waals surface area contributed by atoms with Crippen molar-refractivity contribution in [1.82, 2.24) is 0 Å². The third kappa shape index (κ3) is 5.14. The molecule has 0 radical (unpaired) electrons. The van der Waals surface area contributed by atoms with Gasteiger partial charge in [0.2, 0.25) is 0 Å². The predicted octanol–water partition coefficient (Wildman–Crippen LogP) is -0.248. The molecule has 1 aliphatic rings. The fraction of sp³-hybridized carbons (Fsp3) is 0.400. The monoisotopic (exact) mass is 360 g/mol. The minimum absolute atomic E-state index is 0.236. The SMILES string of the molecule is Cc1ccc(S(=O)(=O)CC[NH+]2CC[NH+](Cc3ccccc3)CC2)cc1. The molecule has 0 atom stereocenters. The summed E-state index contributed by atoms with van der Waals surface area (Å²) in [6.07, 6.45) is 0. The predicted molar refractivity (Wildman–Crippen MR) is 99.6 cm³/mol. The molecule has 134 valence electrons. The molecule has 1 saturated heterocycles. The number of quaternary nitrogens is 2. The van der Waals surface area contributed by atoms with Gasteiger partial charge in [0.1, 0.15) is 38.5 Å². The molecule has 0 unspecified atom stereocenters. The highest BCUT2D eigenvalue weighted by Crippen LogP contribution is 2.11. The molecule has 1 fully saturated rings. The molecule has 0 aromatic heterocycles. The first kappa shape index (κ1) is 18.1. The molecule has 2 aromatic rings. The van der Waals surface area contributed by atoms with Crippen molar-refractivity contribution >= 4 is 9.84 Å². The van der Waals surface area contributed by atoms with Crippen molar-refractivity contribution < 1.29 is 18.2 Å². The first-order valence-electron chi connectivity index (χ1n) is 9.03. The molecular formula is C20H28N2O2S+2. The number of aryl methyl sites for hydroxylation is 1. The van der Waals surface area contributed by atoms with Gasteiger partial charge in [-0.25, -0.2) is 8.42 Å². The maximum absolute atomic E-state index is 12.5. The number of rotatable bonds is 6. The number of sulfone groups is 1. The van der Waals surface area contributed by atoms with Crippen molar-refractivity contribution in [2.24, 2.45) is 0 Å². The van der Waals surface area contributed by atoms with Gasteiger partial charge in [0, 0.05) is 5.56 Å². The fourth-order valence-electron chi connectivity index (χ4n) is 3.41. The smallest absolute Gasteiger partial charge is 0.183 e. The second-order valence-corrected chi connectivity index (χ2v) is 9.15. The van der Waals surface area contributed by atoms with Gasteiger partial charge in [0.15, 0.2) is 9.84 Å². The summed E-state index contributed by atoms with van der Waals surface area (Å²) in [7, 11) is -3.17. The zero-order valence-electron chi connectivity index (χ0n) is 14.9. The Bertz CT molecular complexity index is 765. The normalized spacial score (nSPS) is 21.2. The lowest BCUT2D eigenvalue weighted by atomic mass is 10.2. The van der Waals surface area contributed by atoms with Crippen LogP contribution in [0.15, 0.2) is 59.5 Å². The van der Waals surface area contributed by atoms with E-state index in [4.69, 9.17) is 0 Å². The molecule has 0 spiro atoms. The van der Waals surface area contributed by atoms with Crippen molar-refractivity contribution in [2.75, 3.05) is 38.5 Å². The Hall–Kier alpha value is -1.69. The van der Waals surface area contributed by atoms with Crippen molar-refractivity contribution in [3.63, 3.8) is 0 Å². The van der Waals surface area contributed by atoms with Crippen LogP contribution in [0, 0.1) is 6.92 Å². The van der Waals surface area contributed by atoms with E-state index in [9.17, 15) is 8.42 Å². The van der Waals surface area contributed by atoms with Crippen molar-refractivity contribution in [3.8, 4) is 0 Å². The third-order valence-electron chi connectivity index (χ3n) is 5.07. The minimum atomic E-state index is -3.17. The lowest BCUT2D eigenvalue weighted by molar-refractivity contribution is -1.02. The van der Waals surface area contributed by atoms with Gasteiger partial charge in [-0.3, -0.25) is 0 Å². The van der Waals surface area contributed by atoms with Crippen LogP contribution in [0.5, 0.6) is 0 Å². The standard InChI is InChI=1S/C20H26N2O2S/c1-18-7-9-20(10-8-18)25(23,24)16-15-21-11-13-22(14-12-21)17-19-5-3-2-4-6-19/h2-10H,11-17H2,1H3/p+2. The van der Waals surface area contributed by atoms with Gasteiger partial charge in [-0.1, -0.05) is 48.0 Å². The Morgan fingerprint density at radius 3 is 2.08 bits per heavy atom. The summed E-state index contributed by atoms with van der Waals surface area (Å²) in [6.45, 7) is 8.04. The van der Waals surface area contributed by atoms with Crippen LogP contribution in [-0.4, -0.2) is 46.9 Å². The van der Waals surface area contributed by atoms with Crippen LogP contribution in [0.1, 0.15) is 11.1 Å². The molecule has 0 saturated carbocycles. The maximum Gasteiger partial charge on any atom is 0.183 e. The van der Waals surface area contributed by atoms with Crippen LogP contribution >= 0.6 is 0 Å². The minimum Gasteiger partial charge on any atom is -0.325 e. The Labute approximate surface area is 151 Å². The average molecular weight is 361 g/mol. The fourth-order valence-corrected chi connectivity index (χ4v) is 4.75. The highest BCUT2D eigenvalue weighted by molar-refractivity contribution is 7.91. The van der Waals surface area contributed by atoms with Crippen LogP contribution in [0.25, 0.3) is 0 Å². The molecule has 0 aliphatic carbocycles. The summed E-state index contributed by atoms with van der Waals surface area (Å²) in [5, 5.41) is 0. The van der Waals surface area contributed by atoms with Gasteiger partial charge in [-0.2, -0.15) is 0 Å². The molecule has 3 rings (SSSR count). The molecule has 2 N–H and O–H groups in total. The Morgan fingerprint density at radius 2 is 1.44 bits per heavy atom. The number of piperazine rings is 1. The zero-order valence-corrected chi connectivity index (χ0v) is 15.7. The molecular weight excluding hydrogens is 332 g/mol. The Kier molecular flexibility index (Phi) is 5.89. The lowest BCUT2D eigenvalue weighted by Gasteiger charge is -2.29. The summed E-state index contributed by atoms with van der Waals surface area (Å²) < 4.78 is 24.9. The first-order chi connectivity index (χ1) is 12.0. The lowest BCUT2D eigenvalue weighted by Crippen LogP contribution is -3.27. The van der Waals surface area contributed by atoms with Gasteiger partial charge < -0.3 is 9.80 Å². The summed E-state index contributed by atoms with van der Waals surface area (Å²) in [5.41, 5.74) is 2.46. The van der Waals surface area contributed by atoms with E-state index in [2.05, 4.69) is 30.3 Å². The molecule has 2 aromatic carbocycles. The van der Waals surface area contributed by atoms with E-state index in [0.29, 0.717) is 11.4 Å². The molecule has 4 nitrogen and oxygen atoms in total. The van der Waals surface area contributed by atoms with Crippen LogP contribution in [0.3, 0.4) is 0 Å². The largest absolute Gasteiger partial charge is 0.325 e. The highest BCUT2D eigenvalue weighted by atomic mass is 32.2. The highest BCUT2D eigenvalue weighted by Gasteiger charge is 2.25. The van der Waals surface area contributed by atoms with E-state index in [0.717, 1.165) is 38.3 Å². The second kappa shape index (κ2) is 8.13. The summed E-state index contributed by atoms with van der Waals surface area (Å²) in [6, 6.07) is 17.8. The quantitative estimate of drug-likeness (QED) is 0.746. The Morgan fingerprint density at radius 1 is 0.840 bits per heavy atom. The topological polar surface area (TPSA) is 43.0 Å².